The van der Waals surface area contributed by atoms with E-state index in [1.165, 1.54) is 18.3 Å². The predicted octanol–water partition coefficient (Wildman–Crippen LogP) is 1.44. The molecule has 1 heterocycles. The van der Waals surface area contributed by atoms with E-state index >= 15 is 0 Å². The van der Waals surface area contributed by atoms with Crippen LogP contribution in [-0.2, 0) is 15.6 Å². The van der Waals surface area contributed by atoms with Crippen molar-refractivity contribution in [3.05, 3.63) is 54.2 Å². The molecule has 0 saturated carbocycles. The lowest BCUT2D eigenvalue weighted by Crippen LogP contribution is -2.25. The Morgan fingerprint density at radius 1 is 1.23 bits per heavy atom. The van der Waals surface area contributed by atoms with Crippen LogP contribution >= 0.6 is 0 Å². The Bertz CT molecular complexity index is 731. The van der Waals surface area contributed by atoms with Gasteiger partial charge in [-0.05, 0) is 31.0 Å². The molecule has 0 spiro atoms. The Morgan fingerprint density at radius 3 is 2.55 bits per heavy atom. The maximum Gasteiger partial charge on any atom is 0.241 e. The van der Waals surface area contributed by atoms with Crippen molar-refractivity contribution in [2.75, 3.05) is 11.9 Å². The van der Waals surface area contributed by atoms with E-state index in [-0.39, 0.29) is 10.7 Å². The lowest BCUT2D eigenvalue weighted by molar-refractivity contribution is 0.0515. The number of rotatable bonds is 6. The Kier molecular flexibility index (Phi) is 4.80. The van der Waals surface area contributed by atoms with Crippen LogP contribution < -0.4 is 10.5 Å². The first-order valence-corrected chi connectivity index (χ1v) is 8.35. The van der Waals surface area contributed by atoms with Crippen LogP contribution in [0.1, 0.15) is 18.9 Å². The molecule has 6 nitrogen and oxygen atoms in total. The number of nitrogens with zero attached hydrogens (tertiary/aromatic N) is 1. The maximum atomic E-state index is 11.5. The first-order valence-electron chi connectivity index (χ1n) is 6.80. The summed E-state index contributed by atoms with van der Waals surface area (Å²) in [5.74, 6) is 0.189. The van der Waals surface area contributed by atoms with Gasteiger partial charge in [0.15, 0.2) is 0 Å². The highest BCUT2D eigenvalue weighted by molar-refractivity contribution is 7.89. The molecule has 0 aliphatic heterocycles. The number of pyridine rings is 1. The fraction of sp³-hybridized carbons (Fsp3) is 0.267. The van der Waals surface area contributed by atoms with Gasteiger partial charge in [-0.1, -0.05) is 30.3 Å². The van der Waals surface area contributed by atoms with Crippen LogP contribution in [-0.4, -0.2) is 25.1 Å². The van der Waals surface area contributed by atoms with E-state index in [4.69, 9.17) is 5.14 Å². The molecule has 0 amide bonds. The molecule has 1 unspecified atom stereocenters. The second kappa shape index (κ2) is 6.43. The number of aliphatic hydroxyl groups is 1. The molecule has 4 N–H and O–H groups in total. The van der Waals surface area contributed by atoms with Crippen molar-refractivity contribution in [1.82, 2.24) is 4.98 Å². The van der Waals surface area contributed by atoms with Crippen LogP contribution in [0.2, 0.25) is 0 Å². The molecular formula is C15H19N3O3S. The van der Waals surface area contributed by atoms with Gasteiger partial charge >= 0.3 is 0 Å². The number of hydrogen-bond acceptors (Lipinski definition) is 5. The number of benzene rings is 1. The quantitative estimate of drug-likeness (QED) is 0.746. The van der Waals surface area contributed by atoms with Gasteiger partial charge in [-0.2, -0.15) is 0 Å². The van der Waals surface area contributed by atoms with Crippen molar-refractivity contribution >= 4 is 15.8 Å². The first kappa shape index (κ1) is 16.4. The van der Waals surface area contributed by atoms with E-state index in [0.717, 1.165) is 5.56 Å². The Balaban J connectivity index is 2.06. The largest absolute Gasteiger partial charge is 0.385 e. The molecule has 1 atom stereocenters. The number of hydrogen-bond donors (Lipinski definition) is 3. The molecule has 0 aliphatic carbocycles. The second-order valence-corrected chi connectivity index (χ2v) is 6.74. The number of nitrogens with one attached hydrogen (secondary N) is 1. The van der Waals surface area contributed by atoms with Gasteiger partial charge in [0.25, 0.3) is 0 Å². The molecule has 0 bridgehead atoms. The normalized spacial score (nSPS) is 14.3. The predicted molar refractivity (Wildman–Crippen MR) is 84.7 cm³/mol. The highest BCUT2D eigenvalue weighted by Gasteiger charge is 2.22. The van der Waals surface area contributed by atoms with Gasteiger partial charge in [0.05, 0.1) is 5.60 Å². The van der Waals surface area contributed by atoms with Gasteiger partial charge < -0.3 is 10.4 Å². The third-order valence-electron chi connectivity index (χ3n) is 3.38. The highest BCUT2D eigenvalue weighted by Crippen LogP contribution is 2.24. The molecule has 0 radical (unpaired) electrons. The van der Waals surface area contributed by atoms with E-state index in [1.54, 1.807) is 6.92 Å². The highest BCUT2D eigenvalue weighted by atomic mass is 32.2. The molecule has 1 aromatic carbocycles. The van der Waals surface area contributed by atoms with E-state index in [2.05, 4.69) is 10.3 Å². The molecule has 1 aromatic heterocycles. The minimum absolute atomic E-state index is 0.0608. The fourth-order valence-electron chi connectivity index (χ4n) is 2.12. The molecular weight excluding hydrogens is 302 g/mol. The first-order chi connectivity index (χ1) is 10.3. The standard InChI is InChI=1S/C15H19N3O3S/c1-15(19,12-6-3-2-4-7-12)9-11-18-14-13(22(16,20)21)8-5-10-17-14/h2-8,10,19H,9,11H2,1H3,(H,17,18)(H2,16,20,21). The second-order valence-electron chi connectivity index (χ2n) is 5.21. The zero-order valence-corrected chi connectivity index (χ0v) is 13.0. The molecule has 0 aliphatic rings. The number of primary sulfonamides is 1. The van der Waals surface area contributed by atoms with Crippen molar-refractivity contribution in [1.29, 1.82) is 0 Å². The summed E-state index contributed by atoms with van der Waals surface area (Å²) in [4.78, 5) is 3.92. The topological polar surface area (TPSA) is 105 Å². The van der Waals surface area contributed by atoms with Gasteiger partial charge in [-0.3, -0.25) is 0 Å². The minimum Gasteiger partial charge on any atom is -0.385 e. The average molecular weight is 321 g/mol. The van der Waals surface area contributed by atoms with Crippen molar-refractivity contribution in [2.24, 2.45) is 5.14 Å². The van der Waals surface area contributed by atoms with Crippen LogP contribution in [0, 0.1) is 0 Å². The third kappa shape index (κ3) is 4.03. The minimum atomic E-state index is -3.84. The summed E-state index contributed by atoms with van der Waals surface area (Å²) in [6.07, 6.45) is 1.87. The molecule has 0 saturated heterocycles. The summed E-state index contributed by atoms with van der Waals surface area (Å²) in [6.45, 7) is 2.06. The van der Waals surface area contributed by atoms with Crippen molar-refractivity contribution < 1.29 is 13.5 Å². The van der Waals surface area contributed by atoms with Gasteiger partial charge in [-0.25, -0.2) is 18.5 Å². The number of aromatic nitrogens is 1. The summed E-state index contributed by atoms with van der Waals surface area (Å²) in [7, 11) is -3.84. The van der Waals surface area contributed by atoms with Crippen LogP contribution in [0.4, 0.5) is 5.82 Å². The lowest BCUT2D eigenvalue weighted by atomic mass is 9.93. The number of nitrogens with two attached hydrogens (primary N) is 1. The summed E-state index contributed by atoms with van der Waals surface area (Å²) in [6, 6.07) is 12.2. The number of anilines is 1. The third-order valence-corrected chi connectivity index (χ3v) is 4.32. The van der Waals surface area contributed by atoms with Gasteiger partial charge in [0.1, 0.15) is 10.7 Å². The van der Waals surface area contributed by atoms with E-state index in [9.17, 15) is 13.5 Å². The van der Waals surface area contributed by atoms with Crippen LogP contribution in [0.15, 0.2) is 53.6 Å². The zero-order chi connectivity index (χ0) is 16.2. The smallest absolute Gasteiger partial charge is 0.241 e. The molecule has 2 rings (SSSR count). The fourth-order valence-corrected chi connectivity index (χ4v) is 2.78. The van der Waals surface area contributed by atoms with Gasteiger partial charge in [0.2, 0.25) is 10.0 Å². The average Bonchev–Trinajstić information content (AvgIpc) is 2.47. The molecule has 7 heteroatoms. The molecule has 118 valence electrons. The summed E-state index contributed by atoms with van der Waals surface area (Å²) in [5, 5.41) is 18.6. The SMILES string of the molecule is CC(O)(CCNc1ncccc1S(N)(=O)=O)c1ccccc1. The van der Waals surface area contributed by atoms with Crippen LogP contribution in [0.3, 0.4) is 0 Å². The Labute approximate surface area is 130 Å². The lowest BCUT2D eigenvalue weighted by Gasteiger charge is -2.24. The van der Waals surface area contributed by atoms with E-state index in [0.29, 0.717) is 13.0 Å². The molecule has 22 heavy (non-hydrogen) atoms. The Morgan fingerprint density at radius 2 is 1.91 bits per heavy atom. The summed E-state index contributed by atoms with van der Waals surface area (Å²) in [5.41, 5.74) is -0.227. The summed E-state index contributed by atoms with van der Waals surface area (Å²) >= 11 is 0. The number of sulfonamides is 1. The van der Waals surface area contributed by atoms with Crippen molar-refractivity contribution in [3.63, 3.8) is 0 Å². The van der Waals surface area contributed by atoms with Gasteiger partial charge in [0, 0.05) is 12.7 Å². The van der Waals surface area contributed by atoms with Crippen LogP contribution in [0.25, 0.3) is 0 Å². The van der Waals surface area contributed by atoms with Gasteiger partial charge in [-0.15, -0.1) is 0 Å². The van der Waals surface area contributed by atoms with Crippen LogP contribution in [0.5, 0.6) is 0 Å². The maximum absolute atomic E-state index is 11.5. The zero-order valence-electron chi connectivity index (χ0n) is 12.2. The summed E-state index contributed by atoms with van der Waals surface area (Å²) < 4.78 is 23.0. The van der Waals surface area contributed by atoms with E-state index in [1.807, 2.05) is 30.3 Å². The molecule has 2 aromatic rings. The van der Waals surface area contributed by atoms with Crippen molar-refractivity contribution in [3.8, 4) is 0 Å². The monoisotopic (exact) mass is 321 g/mol. The van der Waals surface area contributed by atoms with E-state index < -0.39 is 15.6 Å². The molecule has 0 fully saturated rings. The van der Waals surface area contributed by atoms with Crippen molar-refractivity contribution in [2.45, 2.75) is 23.8 Å². The Hall–Kier alpha value is -1.96.